The zero-order chi connectivity index (χ0) is 24.8. The molecule has 2 nitrogen and oxygen atoms in total. The van der Waals surface area contributed by atoms with Crippen LogP contribution < -0.4 is 0 Å². The summed E-state index contributed by atoms with van der Waals surface area (Å²) in [6.45, 7) is 4.48. The second-order valence-electron chi connectivity index (χ2n) is 11.3. The number of allylic oxidation sites excluding steroid dienone is 4. The number of rotatable bonds is 22. The standard InChI is InChI=1S/C32H60O2/c1-3-5-7-9-11-13-15-17-19-21-23-25-31(27-29-32(33,34)30-28-31)26-24-22-20-18-16-14-12-10-8-6-4-2/h7-10,33-34H,3-6,11-30H2,1-2H3/b9-7-,10-8-. The largest absolute Gasteiger partial charge is 0.366 e. The predicted molar refractivity (Wildman–Crippen MR) is 150 cm³/mol. The molecule has 0 aromatic rings. The molecule has 1 saturated carbocycles. The highest BCUT2D eigenvalue weighted by molar-refractivity contribution is 4.88. The Morgan fingerprint density at radius 3 is 1.24 bits per heavy atom. The minimum atomic E-state index is -1.40. The zero-order valence-corrected chi connectivity index (χ0v) is 23.2. The molecular weight excluding hydrogens is 416 g/mol. The van der Waals surface area contributed by atoms with E-state index in [4.69, 9.17) is 0 Å². The molecule has 2 heteroatoms. The van der Waals surface area contributed by atoms with Gasteiger partial charge in [-0.1, -0.05) is 115 Å². The highest BCUT2D eigenvalue weighted by atomic mass is 16.5. The predicted octanol–water partition coefficient (Wildman–Crippen LogP) is 10.2. The Labute approximate surface area is 213 Å². The molecule has 0 unspecified atom stereocenters. The first kappa shape index (κ1) is 31.4. The molecule has 0 radical (unpaired) electrons. The Balaban J connectivity index is 2.16. The molecule has 0 aromatic heterocycles. The number of hydrogen-bond donors (Lipinski definition) is 2. The van der Waals surface area contributed by atoms with Crippen molar-refractivity contribution in [3.05, 3.63) is 24.3 Å². The molecule has 1 rings (SSSR count). The van der Waals surface area contributed by atoms with Crippen molar-refractivity contribution in [2.45, 2.75) is 174 Å². The maximum absolute atomic E-state index is 10.1. The monoisotopic (exact) mass is 476 g/mol. The van der Waals surface area contributed by atoms with Gasteiger partial charge in [0.05, 0.1) is 0 Å². The molecule has 0 bridgehead atoms. The lowest BCUT2D eigenvalue weighted by atomic mass is 9.66. The molecule has 0 atom stereocenters. The Hall–Kier alpha value is -0.600. The van der Waals surface area contributed by atoms with E-state index in [2.05, 4.69) is 38.2 Å². The van der Waals surface area contributed by atoms with Gasteiger partial charge in [-0.25, -0.2) is 0 Å². The van der Waals surface area contributed by atoms with Gasteiger partial charge in [0, 0.05) is 12.8 Å². The maximum Gasteiger partial charge on any atom is 0.162 e. The molecule has 1 aliphatic rings. The van der Waals surface area contributed by atoms with E-state index in [1.54, 1.807) is 0 Å². The third kappa shape index (κ3) is 16.9. The zero-order valence-electron chi connectivity index (χ0n) is 23.2. The summed E-state index contributed by atoms with van der Waals surface area (Å²) < 4.78 is 0. The molecule has 34 heavy (non-hydrogen) atoms. The normalized spacial score (nSPS) is 17.8. The van der Waals surface area contributed by atoms with Gasteiger partial charge in [0.2, 0.25) is 0 Å². The summed E-state index contributed by atoms with van der Waals surface area (Å²) in [4.78, 5) is 0. The van der Waals surface area contributed by atoms with Gasteiger partial charge in [-0.3, -0.25) is 0 Å². The maximum atomic E-state index is 10.1. The van der Waals surface area contributed by atoms with Crippen molar-refractivity contribution < 1.29 is 10.2 Å². The molecule has 200 valence electrons. The first-order chi connectivity index (χ1) is 16.5. The molecule has 1 aliphatic carbocycles. The van der Waals surface area contributed by atoms with Crippen molar-refractivity contribution in [2.24, 2.45) is 5.41 Å². The van der Waals surface area contributed by atoms with E-state index >= 15 is 0 Å². The van der Waals surface area contributed by atoms with Crippen molar-refractivity contribution in [3.8, 4) is 0 Å². The van der Waals surface area contributed by atoms with Crippen LogP contribution in [0.25, 0.3) is 0 Å². The van der Waals surface area contributed by atoms with E-state index in [-0.39, 0.29) is 0 Å². The molecule has 0 aliphatic heterocycles. The Kier molecular flexibility index (Phi) is 19.0. The highest BCUT2D eigenvalue weighted by Gasteiger charge is 2.39. The fraction of sp³-hybridized carbons (Fsp3) is 0.875. The number of hydrogen-bond acceptors (Lipinski definition) is 2. The van der Waals surface area contributed by atoms with Gasteiger partial charge in [0.1, 0.15) is 0 Å². The third-order valence-corrected chi connectivity index (χ3v) is 8.01. The van der Waals surface area contributed by atoms with Gasteiger partial charge in [-0.05, 0) is 69.6 Å². The highest BCUT2D eigenvalue weighted by Crippen LogP contribution is 2.47. The van der Waals surface area contributed by atoms with Crippen LogP contribution in [0.4, 0.5) is 0 Å². The molecular formula is C32H60O2. The second kappa shape index (κ2) is 20.6. The van der Waals surface area contributed by atoms with Crippen LogP contribution in [0.15, 0.2) is 24.3 Å². The van der Waals surface area contributed by atoms with Crippen LogP contribution >= 0.6 is 0 Å². The van der Waals surface area contributed by atoms with Gasteiger partial charge in [-0.2, -0.15) is 0 Å². The summed E-state index contributed by atoms with van der Waals surface area (Å²) in [7, 11) is 0. The van der Waals surface area contributed by atoms with Crippen LogP contribution in [0, 0.1) is 5.41 Å². The molecule has 0 saturated heterocycles. The van der Waals surface area contributed by atoms with Crippen LogP contribution in [0.5, 0.6) is 0 Å². The molecule has 2 N–H and O–H groups in total. The lowest BCUT2D eigenvalue weighted by molar-refractivity contribution is -0.197. The van der Waals surface area contributed by atoms with Gasteiger partial charge in [0.25, 0.3) is 0 Å². The first-order valence-corrected chi connectivity index (χ1v) is 15.3. The van der Waals surface area contributed by atoms with E-state index in [1.807, 2.05) is 0 Å². The number of aliphatic hydroxyl groups is 2. The third-order valence-electron chi connectivity index (χ3n) is 8.01. The van der Waals surface area contributed by atoms with Gasteiger partial charge in [-0.15, -0.1) is 0 Å². The van der Waals surface area contributed by atoms with E-state index in [9.17, 15) is 10.2 Å². The average molecular weight is 477 g/mol. The van der Waals surface area contributed by atoms with Gasteiger partial charge >= 0.3 is 0 Å². The molecule has 0 spiro atoms. The van der Waals surface area contributed by atoms with Crippen LogP contribution in [0.1, 0.15) is 168 Å². The fourth-order valence-electron chi connectivity index (χ4n) is 5.55. The van der Waals surface area contributed by atoms with Crippen LogP contribution in [-0.2, 0) is 0 Å². The smallest absolute Gasteiger partial charge is 0.162 e. The van der Waals surface area contributed by atoms with Crippen molar-refractivity contribution in [1.29, 1.82) is 0 Å². The Morgan fingerprint density at radius 2 is 0.824 bits per heavy atom. The summed E-state index contributed by atoms with van der Waals surface area (Å²) in [5.74, 6) is -1.40. The summed E-state index contributed by atoms with van der Waals surface area (Å²) in [6, 6.07) is 0. The first-order valence-electron chi connectivity index (χ1n) is 15.3. The van der Waals surface area contributed by atoms with Crippen molar-refractivity contribution in [1.82, 2.24) is 0 Å². The van der Waals surface area contributed by atoms with E-state index in [0.717, 1.165) is 12.8 Å². The Bertz CT molecular complexity index is 461. The summed E-state index contributed by atoms with van der Waals surface area (Å²) >= 11 is 0. The second-order valence-corrected chi connectivity index (χ2v) is 11.3. The SMILES string of the molecule is CCC/C=C\CCCCCCCCC1(CCCCCCCC/C=C\CCC)CCC(O)(O)CC1. The number of unbranched alkanes of at least 4 members (excludes halogenated alkanes) is 14. The van der Waals surface area contributed by atoms with Gasteiger partial charge in [0.15, 0.2) is 5.79 Å². The van der Waals surface area contributed by atoms with Crippen LogP contribution in [-0.4, -0.2) is 16.0 Å². The van der Waals surface area contributed by atoms with Crippen molar-refractivity contribution in [3.63, 3.8) is 0 Å². The van der Waals surface area contributed by atoms with E-state index in [1.165, 1.54) is 128 Å². The summed E-state index contributed by atoms with van der Waals surface area (Å²) in [5, 5.41) is 20.1. The van der Waals surface area contributed by atoms with Gasteiger partial charge < -0.3 is 10.2 Å². The molecule has 0 amide bonds. The van der Waals surface area contributed by atoms with E-state index in [0.29, 0.717) is 18.3 Å². The summed E-state index contributed by atoms with van der Waals surface area (Å²) in [5.41, 5.74) is 0.378. The van der Waals surface area contributed by atoms with Crippen LogP contribution in [0.2, 0.25) is 0 Å². The molecule has 1 fully saturated rings. The molecule has 0 aromatic carbocycles. The fourth-order valence-corrected chi connectivity index (χ4v) is 5.55. The molecule has 0 heterocycles. The quantitative estimate of drug-likeness (QED) is 0.0926. The van der Waals surface area contributed by atoms with E-state index < -0.39 is 5.79 Å². The lowest BCUT2D eigenvalue weighted by Crippen LogP contribution is -2.39. The lowest BCUT2D eigenvalue weighted by Gasteiger charge is -2.42. The summed E-state index contributed by atoms with van der Waals surface area (Å²) in [6.07, 6.45) is 38.9. The van der Waals surface area contributed by atoms with Crippen LogP contribution in [0.3, 0.4) is 0 Å². The average Bonchev–Trinajstić information content (AvgIpc) is 2.83. The minimum absolute atomic E-state index is 0.378. The van der Waals surface area contributed by atoms with Crippen molar-refractivity contribution in [2.75, 3.05) is 0 Å². The Morgan fingerprint density at radius 1 is 0.471 bits per heavy atom. The topological polar surface area (TPSA) is 40.5 Å². The van der Waals surface area contributed by atoms with Crippen molar-refractivity contribution >= 4 is 0 Å². The minimum Gasteiger partial charge on any atom is -0.366 e.